The molecule has 2 N–H and O–H groups in total. The number of amides is 1. The number of aromatic nitrogens is 3. The van der Waals surface area contributed by atoms with E-state index in [1.807, 2.05) is 26.0 Å². The lowest BCUT2D eigenvalue weighted by Gasteiger charge is -2.40. The molecule has 194 valence electrons. The quantitative estimate of drug-likeness (QED) is 0.495. The normalized spacial score (nSPS) is 18.1. The van der Waals surface area contributed by atoms with E-state index in [0.29, 0.717) is 39.6 Å². The number of benzene rings is 1. The zero-order valence-electron chi connectivity index (χ0n) is 22.1. The average molecular weight is 513 g/mol. The fourth-order valence-electron chi connectivity index (χ4n) is 5.47. The van der Waals surface area contributed by atoms with Crippen molar-refractivity contribution in [3.05, 3.63) is 61.7 Å². The van der Waals surface area contributed by atoms with Crippen LogP contribution in [0, 0.1) is 20.8 Å². The number of carbonyl (C=O) groups is 1. The predicted molar refractivity (Wildman–Crippen MR) is 145 cm³/mol. The molecule has 0 saturated heterocycles. The largest absolute Gasteiger partial charge is 0.369 e. The van der Waals surface area contributed by atoms with E-state index in [1.54, 1.807) is 13.0 Å². The number of fused-ring (bicyclic) bond motifs is 1. The Kier molecular flexibility index (Phi) is 7.76. The second-order valence-corrected chi connectivity index (χ2v) is 10.5. The summed E-state index contributed by atoms with van der Waals surface area (Å²) in [5.41, 5.74) is 4.70. The Hall–Kier alpha value is -2.84. The van der Waals surface area contributed by atoms with Gasteiger partial charge in [-0.1, -0.05) is 11.6 Å². The third-order valence-corrected chi connectivity index (χ3v) is 7.76. The fraction of sp³-hybridized carbons (Fsp3) is 0.519. The van der Waals surface area contributed by atoms with Crippen LogP contribution < -0.4 is 15.8 Å². The highest BCUT2D eigenvalue weighted by Crippen LogP contribution is 2.34. The van der Waals surface area contributed by atoms with Crippen LogP contribution in [-0.2, 0) is 6.54 Å². The Balaban J connectivity index is 1.56. The maximum Gasteiger partial charge on any atom is 0.277 e. The Labute approximate surface area is 217 Å². The second kappa shape index (κ2) is 10.6. The van der Waals surface area contributed by atoms with Crippen molar-refractivity contribution in [2.75, 3.05) is 25.5 Å². The summed E-state index contributed by atoms with van der Waals surface area (Å²) >= 11 is 6.53. The van der Waals surface area contributed by atoms with Gasteiger partial charge in [-0.3, -0.25) is 14.7 Å². The van der Waals surface area contributed by atoms with Gasteiger partial charge in [-0.2, -0.15) is 0 Å². The molecule has 0 radical (unpaired) electrons. The fourth-order valence-corrected chi connectivity index (χ4v) is 5.68. The molecule has 1 aliphatic rings. The van der Waals surface area contributed by atoms with Crippen molar-refractivity contribution in [2.24, 2.45) is 0 Å². The van der Waals surface area contributed by atoms with Crippen molar-refractivity contribution in [3.63, 3.8) is 0 Å². The van der Waals surface area contributed by atoms with Crippen LogP contribution in [-0.4, -0.2) is 58.1 Å². The zero-order chi connectivity index (χ0) is 26.1. The summed E-state index contributed by atoms with van der Waals surface area (Å²) < 4.78 is 1.41. The monoisotopic (exact) mass is 512 g/mol. The lowest BCUT2D eigenvalue weighted by molar-refractivity contribution is 0.0950. The smallest absolute Gasteiger partial charge is 0.277 e. The number of nitrogens with one attached hydrogen (secondary N) is 2. The van der Waals surface area contributed by atoms with E-state index in [-0.39, 0.29) is 18.0 Å². The molecule has 1 amide bonds. The molecule has 0 spiro atoms. The third-order valence-electron chi connectivity index (χ3n) is 7.55. The van der Waals surface area contributed by atoms with Crippen molar-refractivity contribution in [2.45, 2.75) is 72.0 Å². The number of hydrogen-bond donors (Lipinski definition) is 2. The molecule has 1 aliphatic carbocycles. The van der Waals surface area contributed by atoms with Crippen LogP contribution >= 0.6 is 11.6 Å². The van der Waals surface area contributed by atoms with Gasteiger partial charge in [-0.15, -0.1) is 0 Å². The number of halogens is 1. The highest BCUT2D eigenvalue weighted by molar-refractivity contribution is 6.31. The first-order valence-corrected chi connectivity index (χ1v) is 13.1. The molecule has 9 heteroatoms. The Morgan fingerprint density at radius 3 is 2.44 bits per heavy atom. The van der Waals surface area contributed by atoms with Gasteiger partial charge in [0.1, 0.15) is 0 Å². The molecule has 0 aliphatic heterocycles. The summed E-state index contributed by atoms with van der Waals surface area (Å²) in [6.07, 6.45) is 4.55. The van der Waals surface area contributed by atoms with Crippen molar-refractivity contribution in [3.8, 4) is 0 Å². The standard InChI is InChI=1S/C27H37ClN6O2/c1-7-33(21-10-8-20(9-11-21)32(5)6)24-14-19(28)13-22(17(24)3)26(35)29-15-23-18(4)30-25-12-16(2)31-34(25)27(23)36/h12-14,20-21,31H,7-11,15H2,1-6H3,(H,29,35)/t20-,21-. The van der Waals surface area contributed by atoms with Crippen molar-refractivity contribution < 1.29 is 4.79 Å². The molecule has 0 bridgehead atoms. The van der Waals surface area contributed by atoms with Gasteiger partial charge >= 0.3 is 0 Å². The summed E-state index contributed by atoms with van der Waals surface area (Å²) in [4.78, 5) is 35.5. The highest BCUT2D eigenvalue weighted by Gasteiger charge is 2.28. The van der Waals surface area contributed by atoms with E-state index in [9.17, 15) is 9.59 Å². The topological polar surface area (TPSA) is 85.7 Å². The van der Waals surface area contributed by atoms with Gasteiger partial charge in [0.05, 0.1) is 17.8 Å². The summed E-state index contributed by atoms with van der Waals surface area (Å²) in [6.45, 7) is 8.72. The van der Waals surface area contributed by atoms with Gasteiger partial charge in [0, 0.05) is 46.7 Å². The second-order valence-electron chi connectivity index (χ2n) is 10.1. The van der Waals surface area contributed by atoms with Gasteiger partial charge in [0.15, 0.2) is 5.65 Å². The molecule has 2 heterocycles. The highest BCUT2D eigenvalue weighted by atomic mass is 35.5. The number of rotatable bonds is 7. The number of H-pyrrole nitrogens is 1. The molecule has 4 rings (SSSR count). The molecule has 3 aromatic rings. The van der Waals surface area contributed by atoms with E-state index in [0.717, 1.165) is 49.2 Å². The summed E-state index contributed by atoms with van der Waals surface area (Å²) in [6, 6.07) is 6.54. The Bertz CT molecular complexity index is 1320. The van der Waals surface area contributed by atoms with Crippen LogP contribution in [0.5, 0.6) is 0 Å². The molecule has 0 unspecified atom stereocenters. The average Bonchev–Trinajstić information content (AvgIpc) is 3.21. The molecular weight excluding hydrogens is 476 g/mol. The van der Waals surface area contributed by atoms with E-state index in [2.05, 4.69) is 46.2 Å². The van der Waals surface area contributed by atoms with Crippen molar-refractivity contribution in [1.29, 1.82) is 0 Å². The van der Waals surface area contributed by atoms with Crippen LogP contribution in [0.1, 0.15) is 65.5 Å². The van der Waals surface area contributed by atoms with Crippen LogP contribution in [0.2, 0.25) is 5.02 Å². The molecule has 2 aromatic heterocycles. The lowest BCUT2D eigenvalue weighted by Crippen LogP contribution is -2.42. The van der Waals surface area contributed by atoms with Crippen molar-refractivity contribution in [1.82, 2.24) is 24.8 Å². The summed E-state index contributed by atoms with van der Waals surface area (Å²) in [5, 5.41) is 6.46. The molecule has 0 atom stereocenters. The van der Waals surface area contributed by atoms with Crippen molar-refractivity contribution >= 4 is 28.8 Å². The molecule has 1 aromatic carbocycles. The lowest BCUT2D eigenvalue weighted by atomic mass is 9.89. The maximum absolute atomic E-state index is 13.3. The minimum atomic E-state index is -0.254. The van der Waals surface area contributed by atoms with Crippen LogP contribution in [0.15, 0.2) is 23.0 Å². The first kappa shape index (κ1) is 26.2. The molecule has 8 nitrogen and oxygen atoms in total. The minimum Gasteiger partial charge on any atom is -0.369 e. The first-order chi connectivity index (χ1) is 17.1. The zero-order valence-corrected chi connectivity index (χ0v) is 22.9. The Morgan fingerprint density at radius 1 is 1.14 bits per heavy atom. The third kappa shape index (κ3) is 5.15. The van der Waals surface area contributed by atoms with E-state index >= 15 is 0 Å². The maximum atomic E-state index is 13.3. The van der Waals surface area contributed by atoms with E-state index in [4.69, 9.17) is 11.6 Å². The molecular formula is C27H37ClN6O2. The molecule has 1 fully saturated rings. The van der Waals surface area contributed by atoms with Gasteiger partial charge in [0.2, 0.25) is 0 Å². The Morgan fingerprint density at radius 2 is 1.81 bits per heavy atom. The van der Waals surface area contributed by atoms with Crippen LogP contribution in [0.3, 0.4) is 0 Å². The van der Waals surface area contributed by atoms with Gasteiger partial charge in [-0.05, 0) is 85.2 Å². The number of nitrogens with zero attached hydrogens (tertiary/aromatic N) is 4. The number of carbonyl (C=O) groups excluding carboxylic acids is 1. The summed E-state index contributed by atoms with van der Waals surface area (Å²) in [5.74, 6) is -0.254. The van der Waals surface area contributed by atoms with Crippen LogP contribution in [0.25, 0.3) is 5.65 Å². The van der Waals surface area contributed by atoms with Crippen LogP contribution in [0.4, 0.5) is 5.69 Å². The number of aromatic amines is 1. The first-order valence-electron chi connectivity index (χ1n) is 12.7. The van der Waals surface area contributed by atoms with Gasteiger partial charge in [-0.25, -0.2) is 9.50 Å². The number of aryl methyl sites for hydroxylation is 2. The van der Waals surface area contributed by atoms with Gasteiger partial charge in [0.25, 0.3) is 11.5 Å². The molecule has 1 saturated carbocycles. The molecule has 36 heavy (non-hydrogen) atoms. The predicted octanol–water partition coefficient (Wildman–Crippen LogP) is 4.23. The number of hydrogen-bond acceptors (Lipinski definition) is 5. The van der Waals surface area contributed by atoms with Gasteiger partial charge < -0.3 is 15.1 Å². The van der Waals surface area contributed by atoms with E-state index in [1.165, 1.54) is 4.52 Å². The summed E-state index contributed by atoms with van der Waals surface area (Å²) in [7, 11) is 4.30. The van der Waals surface area contributed by atoms with E-state index < -0.39 is 0 Å². The SMILES string of the molecule is CCN(c1cc(Cl)cc(C(=O)NCc2c(C)nc3cc(C)[nH]n3c2=O)c1C)[C@H]1CC[C@H](N(C)C)CC1. The number of anilines is 1. The minimum absolute atomic E-state index is 0.0881.